The van der Waals surface area contributed by atoms with Gasteiger partial charge in [-0.15, -0.1) is 11.8 Å². The second kappa shape index (κ2) is 8.68. The fourth-order valence-corrected chi connectivity index (χ4v) is 3.47. The number of ether oxygens (including phenoxy) is 1. The summed E-state index contributed by atoms with van der Waals surface area (Å²) in [6.07, 6.45) is 0. The van der Waals surface area contributed by atoms with Crippen LogP contribution in [-0.2, 0) is 25.7 Å². The zero-order valence-corrected chi connectivity index (χ0v) is 15.1. The molecule has 0 spiro atoms. The van der Waals surface area contributed by atoms with Crippen LogP contribution >= 0.6 is 11.8 Å². The minimum Gasteiger partial charge on any atom is -0.454 e. The maximum Gasteiger partial charge on any atom is 0.326 e. The molecule has 0 aromatic heterocycles. The molecule has 0 unspecified atom stereocenters. The summed E-state index contributed by atoms with van der Waals surface area (Å²) in [5.74, 6) is -1.61. The topological polar surface area (TPSA) is 75.7 Å². The molecular formula is C19H17FN2O4S. The Bertz CT molecular complexity index is 874. The first-order chi connectivity index (χ1) is 13.0. The second-order valence-corrected chi connectivity index (χ2v) is 6.78. The van der Waals surface area contributed by atoms with Crippen molar-refractivity contribution in [1.29, 1.82) is 0 Å². The first-order valence-corrected chi connectivity index (χ1v) is 9.21. The van der Waals surface area contributed by atoms with Gasteiger partial charge in [0, 0.05) is 17.0 Å². The highest BCUT2D eigenvalue weighted by atomic mass is 32.2. The SMILES string of the molecule is O=C(COC(=O)CN1C(=O)CSc2ccccc21)NCc1ccccc1F. The number of benzene rings is 2. The highest BCUT2D eigenvalue weighted by Crippen LogP contribution is 2.34. The lowest BCUT2D eigenvalue weighted by Crippen LogP contribution is -2.40. The quantitative estimate of drug-likeness (QED) is 0.768. The van der Waals surface area contributed by atoms with E-state index in [0.29, 0.717) is 11.3 Å². The molecule has 0 atom stereocenters. The lowest BCUT2D eigenvalue weighted by molar-refractivity contribution is -0.147. The van der Waals surface area contributed by atoms with E-state index in [2.05, 4.69) is 5.32 Å². The Morgan fingerprint density at radius 3 is 2.70 bits per heavy atom. The van der Waals surface area contributed by atoms with E-state index in [0.717, 1.165) is 4.90 Å². The van der Waals surface area contributed by atoms with Crippen molar-refractivity contribution >= 4 is 35.2 Å². The molecule has 0 radical (unpaired) electrons. The highest BCUT2D eigenvalue weighted by molar-refractivity contribution is 8.00. The third-order valence-electron chi connectivity index (χ3n) is 3.89. The number of thioether (sulfide) groups is 1. The summed E-state index contributed by atoms with van der Waals surface area (Å²) in [5, 5.41) is 2.48. The number of fused-ring (bicyclic) bond motifs is 1. The number of rotatable bonds is 6. The molecule has 0 aliphatic carbocycles. The fourth-order valence-electron chi connectivity index (χ4n) is 2.53. The van der Waals surface area contributed by atoms with Gasteiger partial charge in [0.1, 0.15) is 12.4 Å². The number of amides is 2. The molecule has 1 aliphatic rings. The highest BCUT2D eigenvalue weighted by Gasteiger charge is 2.26. The number of hydrogen-bond acceptors (Lipinski definition) is 5. The summed E-state index contributed by atoms with van der Waals surface area (Å²) in [6, 6.07) is 13.4. The van der Waals surface area contributed by atoms with E-state index in [4.69, 9.17) is 4.74 Å². The van der Waals surface area contributed by atoms with Crippen molar-refractivity contribution in [2.45, 2.75) is 11.4 Å². The van der Waals surface area contributed by atoms with E-state index in [1.54, 1.807) is 30.3 Å². The Morgan fingerprint density at radius 1 is 1.15 bits per heavy atom. The van der Waals surface area contributed by atoms with E-state index in [9.17, 15) is 18.8 Å². The van der Waals surface area contributed by atoms with Gasteiger partial charge in [-0.2, -0.15) is 0 Å². The molecule has 0 bridgehead atoms. The lowest BCUT2D eigenvalue weighted by atomic mass is 10.2. The minimum atomic E-state index is -0.689. The average Bonchev–Trinajstić information content (AvgIpc) is 2.68. The molecule has 1 heterocycles. The van der Waals surface area contributed by atoms with Crippen molar-refractivity contribution in [2.24, 2.45) is 0 Å². The standard InChI is InChI=1S/C19H17FN2O4S/c20-14-6-2-1-5-13(14)9-21-17(23)11-26-19(25)10-22-15-7-3-4-8-16(15)27-12-18(22)24/h1-8H,9-12H2,(H,21,23). The van der Waals surface area contributed by atoms with Crippen LogP contribution in [0.3, 0.4) is 0 Å². The Balaban J connectivity index is 1.49. The maximum atomic E-state index is 13.5. The zero-order chi connectivity index (χ0) is 19.2. The third-order valence-corrected chi connectivity index (χ3v) is 4.94. The second-order valence-electron chi connectivity index (χ2n) is 5.77. The van der Waals surface area contributed by atoms with E-state index in [1.165, 1.54) is 22.7 Å². The van der Waals surface area contributed by atoms with Gasteiger partial charge in [0.25, 0.3) is 5.91 Å². The van der Waals surface area contributed by atoms with Gasteiger partial charge in [0.15, 0.2) is 6.61 Å². The largest absolute Gasteiger partial charge is 0.454 e. The van der Waals surface area contributed by atoms with Gasteiger partial charge in [-0.25, -0.2) is 4.39 Å². The number of carbonyl (C=O) groups is 3. The van der Waals surface area contributed by atoms with E-state index in [1.807, 2.05) is 12.1 Å². The summed E-state index contributed by atoms with van der Waals surface area (Å²) in [5.41, 5.74) is 0.991. The molecule has 2 amide bonds. The van der Waals surface area contributed by atoms with Crippen LogP contribution in [0.2, 0.25) is 0 Å². The summed E-state index contributed by atoms with van der Waals surface area (Å²) >= 11 is 1.41. The van der Waals surface area contributed by atoms with Gasteiger partial charge in [-0.1, -0.05) is 30.3 Å². The number of hydrogen-bond donors (Lipinski definition) is 1. The first-order valence-electron chi connectivity index (χ1n) is 8.22. The molecule has 8 heteroatoms. The third kappa shape index (κ3) is 4.85. The molecule has 2 aromatic carbocycles. The predicted molar refractivity (Wildman–Crippen MR) is 98.7 cm³/mol. The molecule has 2 aromatic rings. The number of halogens is 1. The van der Waals surface area contributed by atoms with E-state index >= 15 is 0 Å². The van der Waals surface area contributed by atoms with Gasteiger partial charge in [-0.3, -0.25) is 19.3 Å². The Hall–Kier alpha value is -2.87. The molecule has 6 nitrogen and oxygen atoms in total. The van der Waals surface area contributed by atoms with Crippen LogP contribution in [0.5, 0.6) is 0 Å². The molecule has 1 aliphatic heterocycles. The number of nitrogens with zero attached hydrogens (tertiary/aromatic N) is 1. The molecule has 27 heavy (non-hydrogen) atoms. The van der Waals surface area contributed by atoms with Crippen LogP contribution in [0.15, 0.2) is 53.4 Å². The monoisotopic (exact) mass is 388 g/mol. The van der Waals surface area contributed by atoms with Crippen LogP contribution in [0.1, 0.15) is 5.56 Å². The van der Waals surface area contributed by atoms with Gasteiger partial charge in [-0.05, 0) is 18.2 Å². The Kier molecular flexibility index (Phi) is 6.08. The predicted octanol–water partition coefficient (Wildman–Crippen LogP) is 2.12. The van der Waals surface area contributed by atoms with Crippen molar-refractivity contribution in [2.75, 3.05) is 23.8 Å². The fraction of sp³-hybridized carbons (Fsp3) is 0.211. The molecule has 0 fully saturated rings. The summed E-state index contributed by atoms with van der Waals surface area (Å²) < 4.78 is 18.4. The van der Waals surface area contributed by atoms with Crippen molar-refractivity contribution in [3.05, 3.63) is 59.9 Å². The van der Waals surface area contributed by atoms with Gasteiger partial charge < -0.3 is 10.1 Å². The molecule has 3 rings (SSSR count). The van der Waals surface area contributed by atoms with Crippen LogP contribution in [-0.4, -0.2) is 36.7 Å². The van der Waals surface area contributed by atoms with Crippen molar-refractivity contribution < 1.29 is 23.5 Å². The summed E-state index contributed by atoms with van der Waals surface area (Å²) in [4.78, 5) is 38.2. The Morgan fingerprint density at radius 2 is 1.89 bits per heavy atom. The lowest BCUT2D eigenvalue weighted by Gasteiger charge is -2.27. The average molecular weight is 388 g/mol. The molecule has 1 N–H and O–H groups in total. The Labute approximate surface area is 159 Å². The molecule has 140 valence electrons. The van der Waals surface area contributed by atoms with Crippen LogP contribution < -0.4 is 10.2 Å². The van der Waals surface area contributed by atoms with Gasteiger partial charge in [0.2, 0.25) is 5.91 Å². The van der Waals surface area contributed by atoms with E-state index < -0.39 is 24.3 Å². The normalized spacial score (nSPS) is 13.1. The van der Waals surface area contributed by atoms with Crippen molar-refractivity contribution in [3.63, 3.8) is 0 Å². The number of nitrogens with one attached hydrogen (secondary N) is 1. The summed E-state index contributed by atoms with van der Waals surface area (Å²) in [6.45, 7) is -0.763. The first kappa shape index (κ1) is 18.9. The molecule has 0 saturated carbocycles. The molecule has 0 saturated heterocycles. The smallest absolute Gasteiger partial charge is 0.326 e. The van der Waals surface area contributed by atoms with Crippen LogP contribution in [0, 0.1) is 5.82 Å². The van der Waals surface area contributed by atoms with Crippen molar-refractivity contribution in [1.82, 2.24) is 5.32 Å². The number of carbonyl (C=O) groups excluding carboxylic acids is 3. The number of esters is 1. The van der Waals surface area contributed by atoms with Crippen molar-refractivity contribution in [3.8, 4) is 0 Å². The van der Waals surface area contributed by atoms with Crippen LogP contribution in [0.25, 0.3) is 0 Å². The minimum absolute atomic E-state index is 0.00172. The zero-order valence-electron chi connectivity index (χ0n) is 14.3. The number of para-hydroxylation sites is 1. The van der Waals surface area contributed by atoms with Gasteiger partial charge >= 0.3 is 5.97 Å². The number of anilines is 1. The molecular weight excluding hydrogens is 371 g/mol. The summed E-state index contributed by atoms with van der Waals surface area (Å²) in [7, 11) is 0. The van der Waals surface area contributed by atoms with Gasteiger partial charge in [0.05, 0.1) is 11.4 Å². The van der Waals surface area contributed by atoms with Crippen LogP contribution in [0.4, 0.5) is 10.1 Å². The maximum absolute atomic E-state index is 13.5. The van der Waals surface area contributed by atoms with E-state index in [-0.39, 0.29) is 24.7 Å².